The van der Waals surface area contributed by atoms with Crippen LogP contribution in [0.15, 0.2) is 18.2 Å². The highest BCUT2D eigenvalue weighted by Crippen LogP contribution is 2.27. The third-order valence-electron chi connectivity index (χ3n) is 2.26. The molecule has 3 nitrogen and oxygen atoms in total. The first kappa shape index (κ1) is 12.8. The number of hydrogen-bond donors (Lipinski definition) is 0. The standard InChI is InChI=1S/C12H15ClO3/c1-4-8(2)16-11-6-5-9(7-10(11)13)12(14)15-3/h5-8H,4H2,1-3H3. The van der Waals surface area contributed by atoms with Gasteiger partial charge in [-0.25, -0.2) is 4.79 Å². The first-order chi connectivity index (χ1) is 7.58. The highest BCUT2D eigenvalue weighted by atomic mass is 35.5. The summed E-state index contributed by atoms with van der Waals surface area (Å²) in [4.78, 5) is 11.2. The molecule has 1 rings (SSSR count). The molecule has 1 unspecified atom stereocenters. The van der Waals surface area contributed by atoms with Crippen LogP contribution in [0, 0.1) is 0 Å². The fraction of sp³-hybridized carbons (Fsp3) is 0.417. The predicted octanol–water partition coefficient (Wildman–Crippen LogP) is 3.30. The van der Waals surface area contributed by atoms with Gasteiger partial charge in [-0.1, -0.05) is 18.5 Å². The highest BCUT2D eigenvalue weighted by molar-refractivity contribution is 6.32. The second-order valence-corrected chi connectivity index (χ2v) is 3.88. The Morgan fingerprint density at radius 1 is 1.50 bits per heavy atom. The Bertz CT molecular complexity index is 377. The number of benzene rings is 1. The van der Waals surface area contributed by atoms with Crippen LogP contribution in [-0.2, 0) is 4.74 Å². The van der Waals surface area contributed by atoms with Gasteiger partial charge in [0.2, 0.25) is 0 Å². The summed E-state index contributed by atoms with van der Waals surface area (Å²) in [5.41, 5.74) is 0.420. The van der Waals surface area contributed by atoms with E-state index in [2.05, 4.69) is 4.74 Å². The molecule has 16 heavy (non-hydrogen) atoms. The van der Waals surface area contributed by atoms with Crippen molar-refractivity contribution in [2.75, 3.05) is 7.11 Å². The Morgan fingerprint density at radius 2 is 2.19 bits per heavy atom. The molecule has 0 aliphatic heterocycles. The van der Waals surface area contributed by atoms with Crippen LogP contribution in [0.3, 0.4) is 0 Å². The molecule has 0 radical (unpaired) electrons. The SMILES string of the molecule is CCC(C)Oc1ccc(C(=O)OC)cc1Cl. The molecule has 0 aliphatic carbocycles. The minimum atomic E-state index is -0.406. The molecular formula is C12H15ClO3. The molecule has 0 fully saturated rings. The molecule has 1 aromatic rings. The van der Waals surface area contributed by atoms with Crippen molar-refractivity contribution in [2.24, 2.45) is 0 Å². The van der Waals surface area contributed by atoms with E-state index in [4.69, 9.17) is 16.3 Å². The van der Waals surface area contributed by atoms with Crippen LogP contribution >= 0.6 is 11.6 Å². The Hall–Kier alpha value is -1.22. The van der Waals surface area contributed by atoms with Crippen LogP contribution < -0.4 is 4.74 Å². The molecule has 1 aromatic carbocycles. The van der Waals surface area contributed by atoms with Crippen molar-refractivity contribution in [3.05, 3.63) is 28.8 Å². The van der Waals surface area contributed by atoms with Gasteiger partial charge < -0.3 is 9.47 Å². The quantitative estimate of drug-likeness (QED) is 0.760. The monoisotopic (exact) mass is 242 g/mol. The number of carbonyl (C=O) groups excluding carboxylic acids is 1. The van der Waals surface area contributed by atoms with Crippen LogP contribution in [0.25, 0.3) is 0 Å². The number of rotatable bonds is 4. The van der Waals surface area contributed by atoms with E-state index in [0.29, 0.717) is 16.3 Å². The summed E-state index contributed by atoms with van der Waals surface area (Å²) in [7, 11) is 1.33. The lowest BCUT2D eigenvalue weighted by molar-refractivity contribution is 0.0600. The van der Waals surface area contributed by atoms with E-state index < -0.39 is 5.97 Å². The van der Waals surface area contributed by atoms with Crippen molar-refractivity contribution in [3.63, 3.8) is 0 Å². The summed E-state index contributed by atoms with van der Waals surface area (Å²) in [5.74, 6) is 0.181. The molecule has 0 heterocycles. The average Bonchev–Trinajstić information content (AvgIpc) is 2.30. The summed E-state index contributed by atoms with van der Waals surface area (Å²) in [6.45, 7) is 3.99. The molecule has 0 aromatic heterocycles. The molecule has 0 saturated carbocycles. The van der Waals surface area contributed by atoms with E-state index in [9.17, 15) is 4.79 Å². The largest absolute Gasteiger partial charge is 0.489 e. The number of hydrogen-bond acceptors (Lipinski definition) is 3. The van der Waals surface area contributed by atoms with E-state index >= 15 is 0 Å². The van der Waals surface area contributed by atoms with Gasteiger partial charge in [0.15, 0.2) is 0 Å². The van der Waals surface area contributed by atoms with Gasteiger partial charge >= 0.3 is 5.97 Å². The Morgan fingerprint density at radius 3 is 2.69 bits per heavy atom. The smallest absolute Gasteiger partial charge is 0.337 e. The predicted molar refractivity (Wildman–Crippen MR) is 63.2 cm³/mol. The zero-order valence-electron chi connectivity index (χ0n) is 9.62. The number of halogens is 1. The molecule has 0 bridgehead atoms. The second kappa shape index (κ2) is 5.75. The van der Waals surface area contributed by atoms with Gasteiger partial charge in [-0.15, -0.1) is 0 Å². The third kappa shape index (κ3) is 3.14. The zero-order chi connectivity index (χ0) is 12.1. The van der Waals surface area contributed by atoms with Crippen LogP contribution in [0.1, 0.15) is 30.6 Å². The lowest BCUT2D eigenvalue weighted by Gasteiger charge is -2.14. The topological polar surface area (TPSA) is 35.5 Å². The Labute approximate surface area is 100 Å². The van der Waals surface area contributed by atoms with E-state index in [1.807, 2.05) is 13.8 Å². The van der Waals surface area contributed by atoms with E-state index in [1.54, 1.807) is 18.2 Å². The Balaban J connectivity index is 2.87. The first-order valence-electron chi connectivity index (χ1n) is 5.13. The molecule has 0 amide bonds. The van der Waals surface area contributed by atoms with Crippen molar-refractivity contribution in [3.8, 4) is 5.75 Å². The van der Waals surface area contributed by atoms with Crippen molar-refractivity contribution < 1.29 is 14.3 Å². The maximum Gasteiger partial charge on any atom is 0.337 e. The molecule has 0 aliphatic rings. The number of ether oxygens (including phenoxy) is 2. The van der Waals surface area contributed by atoms with E-state index in [1.165, 1.54) is 7.11 Å². The maximum absolute atomic E-state index is 11.2. The molecule has 0 spiro atoms. The molecule has 0 N–H and O–H groups in total. The third-order valence-corrected chi connectivity index (χ3v) is 2.55. The minimum Gasteiger partial charge on any atom is -0.489 e. The number of carbonyl (C=O) groups is 1. The maximum atomic E-state index is 11.2. The molecular weight excluding hydrogens is 228 g/mol. The summed E-state index contributed by atoms with van der Waals surface area (Å²) in [6.07, 6.45) is 0.996. The van der Waals surface area contributed by atoms with Gasteiger partial charge in [-0.2, -0.15) is 0 Å². The van der Waals surface area contributed by atoms with Gasteiger partial charge in [0.25, 0.3) is 0 Å². The summed E-state index contributed by atoms with van der Waals surface area (Å²) in [5, 5.41) is 0.420. The van der Waals surface area contributed by atoms with Crippen LogP contribution in [0.5, 0.6) is 5.75 Å². The fourth-order valence-corrected chi connectivity index (χ4v) is 1.37. The van der Waals surface area contributed by atoms with Gasteiger partial charge in [0, 0.05) is 0 Å². The normalized spacial score (nSPS) is 12.0. The van der Waals surface area contributed by atoms with Gasteiger partial charge in [-0.3, -0.25) is 0 Å². The van der Waals surface area contributed by atoms with Crippen molar-refractivity contribution in [1.29, 1.82) is 0 Å². The summed E-state index contributed by atoms with van der Waals surface area (Å²) >= 11 is 6.00. The van der Waals surface area contributed by atoms with Crippen LogP contribution in [-0.4, -0.2) is 19.2 Å². The number of methoxy groups -OCH3 is 1. The molecule has 0 saturated heterocycles. The highest BCUT2D eigenvalue weighted by Gasteiger charge is 2.10. The van der Waals surface area contributed by atoms with Crippen LogP contribution in [0.2, 0.25) is 5.02 Å². The number of esters is 1. The van der Waals surface area contributed by atoms with E-state index in [-0.39, 0.29) is 6.10 Å². The molecule has 1 atom stereocenters. The molecule has 88 valence electrons. The van der Waals surface area contributed by atoms with Crippen molar-refractivity contribution in [1.82, 2.24) is 0 Å². The average molecular weight is 243 g/mol. The van der Waals surface area contributed by atoms with Crippen LogP contribution in [0.4, 0.5) is 0 Å². The Kier molecular flexibility index (Phi) is 4.62. The van der Waals surface area contributed by atoms with Crippen molar-refractivity contribution in [2.45, 2.75) is 26.4 Å². The summed E-state index contributed by atoms with van der Waals surface area (Å²) in [6, 6.07) is 4.86. The van der Waals surface area contributed by atoms with Gasteiger partial charge in [0.05, 0.1) is 23.8 Å². The second-order valence-electron chi connectivity index (χ2n) is 3.47. The van der Waals surface area contributed by atoms with Crippen molar-refractivity contribution >= 4 is 17.6 Å². The van der Waals surface area contributed by atoms with E-state index in [0.717, 1.165) is 6.42 Å². The fourth-order valence-electron chi connectivity index (χ4n) is 1.14. The minimum absolute atomic E-state index is 0.0986. The lowest BCUT2D eigenvalue weighted by Crippen LogP contribution is -2.10. The summed E-state index contributed by atoms with van der Waals surface area (Å²) < 4.78 is 10.2. The van der Waals surface area contributed by atoms with Gasteiger partial charge in [-0.05, 0) is 31.5 Å². The molecule has 4 heteroatoms. The zero-order valence-corrected chi connectivity index (χ0v) is 10.4. The van der Waals surface area contributed by atoms with Gasteiger partial charge in [0.1, 0.15) is 5.75 Å². The lowest BCUT2D eigenvalue weighted by atomic mass is 10.2. The first-order valence-corrected chi connectivity index (χ1v) is 5.50.